The fourth-order valence-corrected chi connectivity index (χ4v) is 2.42. The highest BCUT2D eigenvalue weighted by Gasteiger charge is 2.20. The summed E-state index contributed by atoms with van der Waals surface area (Å²) in [6.07, 6.45) is 5.26. The van der Waals surface area contributed by atoms with Crippen LogP contribution >= 0.6 is 0 Å². The minimum absolute atomic E-state index is 0.532. The van der Waals surface area contributed by atoms with Crippen LogP contribution in [0.25, 0.3) is 0 Å². The van der Waals surface area contributed by atoms with Crippen LogP contribution < -0.4 is 5.32 Å². The zero-order valence-corrected chi connectivity index (χ0v) is 11.4. The second-order valence-electron chi connectivity index (χ2n) is 5.54. The van der Waals surface area contributed by atoms with Gasteiger partial charge in [-0.3, -0.25) is 0 Å². The maximum absolute atomic E-state index is 5.64. The summed E-state index contributed by atoms with van der Waals surface area (Å²) in [7, 11) is 0. The monoisotopic (exact) mass is 265 g/mol. The molecule has 0 aromatic carbocycles. The minimum Gasteiger partial charge on any atom is -0.372 e. The standard InChI is InChI=1S/C14H23N3O2/c1-2-6-17(5-1)7-8-18-11-14-9-13(16-19-14)10-15-12-3-4-12/h9,12,15H,1-8,10-11H2. The smallest absolute Gasteiger partial charge is 0.162 e. The van der Waals surface area contributed by atoms with Gasteiger partial charge in [-0.25, -0.2) is 0 Å². The van der Waals surface area contributed by atoms with Crippen LogP contribution in [0.1, 0.15) is 37.1 Å². The van der Waals surface area contributed by atoms with E-state index in [1.165, 1.54) is 38.8 Å². The van der Waals surface area contributed by atoms with Crippen LogP contribution in [0.15, 0.2) is 10.6 Å². The van der Waals surface area contributed by atoms with Crippen molar-refractivity contribution >= 4 is 0 Å². The third-order valence-corrected chi connectivity index (χ3v) is 3.75. The predicted molar refractivity (Wildman–Crippen MR) is 71.7 cm³/mol. The van der Waals surface area contributed by atoms with Gasteiger partial charge < -0.3 is 19.5 Å². The zero-order valence-electron chi connectivity index (χ0n) is 11.4. The first-order valence-corrected chi connectivity index (χ1v) is 7.38. The molecule has 0 spiro atoms. The van der Waals surface area contributed by atoms with Crippen LogP contribution in [-0.4, -0.2) is 42.3 Å². The molecule has 0 atom stereocenters. The highest BCUT2D eigenvalue weighted by molar-refractivity contribution is 5.04. The van der Waals surface area contributed by atoms with Crippen molar-refractivity contribution < 1.29 is 9.26 Å². The van der Waals surface area contributed by atoms with Crippen LogP contribution in [0.2, 0.25) is 0 Å². The molecule has 2 aliphatic rings. The summed E-state index contributed by atoms with van der Waals surface area (Å²) in [4.78, 5) is 2.45. The molecule has 3 rings (SSSR count). The Bertz CT molecular complexity index is 384. The van der Waals surface area contributed by atoms with E-state index in [4.69, 9.17) is 9.26 Å². The van der Waals surface area contributed by atoms with Crippen LogP contribution in [0.4, 0.5) is 0 Å². The van der Waals surface area contributed by atoms with Crippen molar-refractivity contribution in [2.75, 3.05) is 26.2 Å². The Balaban J connectivity index is 1.30. The Hall–Kier alpha value is -0.910. The van der Waals surface area contributed by atoms with Crippen molar-refractivity contribution in [3.8, 4) is 0 Å². The van der Waals surface area contributed by atoms with E-state index in [2.05, 4.69) is 15.4 Å². The van der Waals surface area contributed by atoms with E-state index in [1.54, 1.807) is 0 Å². The van der Waals surface area contributed by atoms with Gasteiger partial charge >= 0.3 is 0 Å². The van der Waals surface area contributed by atoms with Gasteiger partial charge in [0.1, 0.15) is 6.61 Å². The van der Waals surface area contributed by atoms with Crippen molar-refractivity contribution in [1.29, 1.82) is 0 Å². The molecule has 0 unspecified atom stereocenters. The van der Waals surface area contributed by atoms with Crippen LogP contribution in [0.3, 0.4) is 0 Å². The molecule has 1 aromatic rings. The molecule has 1 aliphatic heterocycles. The Morgan fingerprint density at radius 1 is 1.37 bits per heavy atom. The van der Waals surface area contributed by atoms with Gasteiger partial charge in [-0.15, -0.1) is 0 Å². The summed E-state index contributed by atoms with van der Waals surface area (Å²) < 4.78 is 10.9. The second-order valence-corrected chi connectivity index (χ2v) is 5.54. The first-order valence-electron chi connectivity index (χ1n) is 7.38. The molecule has 106 valence electrons. The Labute approximate surface area is 114 Å². The summed E-state index contributed by atoms with van der Waals surface area (Å²) in [6.45, 7) is 5.60. The van der Waals surface area contributed by atoms with Crippen LogP contribution in [0.5, 0.6) is 0 Å². The highest BCUT2D eigenvalue weighted by Crippen LogP contribution is 2.19. The van der Waals surface area contributed by atoms with E-state index in [1.807, 2.05) is 6.07 Å². The molecule has 1 saturated carbocycles. The molecular formula is C14H23N3O2. The summed E-state index contributed by atoms with van der Waals surface area (Å²) >= 11 is 0. The van der Waals surface area contributed by atoms with E-state index in [0.717, 1.165) is 31.2 Å². The Morgan fingerprint density at radius 3 is 3.00 bits per heavy atom. The van der Waals surface area contributed by atoms with E-state index < -0.39 is 0 Å². The summed E-state index contributed by atoms with van der Waals surface area (Å²) in [6, 6.07) is 2.70. The van der Waals surface area contributed by atoms with Gasteiger partial charge in [0.15, 0.2) is 5.76 Å². The predicted octanol–water partition coefficient (Wildman–Crippen LogP) is 1.54. The molecule has 1 aliphatic carbocycles. The maximum Gasteiger partial charge on any atom is 0.162 e. The summed E-state index contributed by atoms with van der Waals surface area (Å²) in [5.41, 5.74) is 0.977. The van der Waals surface area contributed by atoms with Crippen LogP contribution in [0, 0.1) is 0 Å². The molecule has 2 fully saturated rings. The number of nitrogens with one attached hydrogen (secondary N) is 1. The molecule has 0 bridgehead atoms. The molecule has 0 amide bonds. The molecule has 5 nitrogen and oxygen atoms in total. The molecule has 1 saturated heterocycles. The molecule has 5 heteroatoms. The van der Waals surface area contributed by atoms with Crippen molar-refractivity contribution in [2.24, 2.45) is 0 Å². The lowest BCUT2D eigenvalue weighted by Gasteiger charge is -2.13. The van der Waals surface area contributed by atoms with E-state index in [0.29, 0.717) is 12.6 Å². The number of nitrogens with zero attached hydrogens (tertiary/aromatic N) is 2. The van der Waals surface area contributed by atoms with Gasteiger partial charge in [-0.1, -0.05) is 5.16 Å². The lowest BCUT2D eigenvalue weighted by Crippen LogP contribution is -2.23. The molecule has 1 aromatic heterocycles. The Kier molecular flexibility index (Phi) is 4.48. The molecule has 19 heavy (non-hydrogen) atoms. The van der Waals surface area contributed by atoms with E-state index >= 15 is 0 Å². The van der Waals surface area contributed by atoms with Gasteiger partial charge in [0.2, 0.25) is 0 Å². The average molecular weight is 265 g/mol. The third kappa shape index (κ3) is 4.30. The number of hydrogen-bond acceptors (Lipinski definition) is 5. The normalized spacial score (nSPS) is 20.2. The van der Waals surface area contributed by atoms with Crippen LogP contribution in [-0.2, 0) is 17.9 Å². The maximum atomic E-state index is 5.64. The van der Waals surface area contributed by atoms with Gasteiger partial charge in [-0.2, -0.15) is 0 Å². The topological polar surface area (TPSA) is 50.5 Å². The quantitative estimate of drug-likeness (QED) is 0.723. The number of likely N-dealkylation sites (tertiary alicyclic amines) is 1. The van der Waals surface area contributed by atoms with Gasteiger partial charge in [-0.05, 0) is 38.8 Å². The average Bonchev–Trinajstić information content (AvgIpc) is 2.91. The number of aromatic nitrogens is 1. The first kappa shape index (κ1) is 13.1. The van der Waals surface area contributed by atoms with E-state index in [9.17, 15) is 0 Å². The lowest BCUT2D eigenvalue weighted by atomic mass is 10.3. The SMILES string of the molecule is c1c(CNC2CC2)noc1COCCN1CCCC1. The molecular weight excluding hydrogens is 242 g/mol. The minimum atomic E-state index is 0.532. The highest BCUT2D eigenvalue weighted by atomic mass is 16.5. The third-order valence-electron chi connectivity index (χ3n) is 3.75. The zero-order chi connectivity index (χ0) is 12.9. The second kappa shape index (κ2) is 6.50. The summed E-state index contributed by atoms with van der Waals surface area (Å²) in [5.74, 6) is 0.828. The molecule has 2 heterocycles. The fraction of sp³-hybridized carbons (Fsp3) is 0.786. The summed E-state index contributed by atoms with van der Waals surface area (Å²) in [5, 5.41) is 7.46. The van der Waals surface area contributed by atoms with Crippen molar-refractivity contribution in [1.82, 2.24) is 15.4 Å². The number of rotatable bonds is 8. The Morgan fingerprint density at radius 2 is 2.21 bits per heavy atom. The van der Waals surface area contributed by atoms with Crippen molar-refractivity contribution in [2.45, 2.75) is 44.9 Å². The van der Waals surface area contributed by atoms with Gasteiger partial charge in [0.05, 0.1) is 12.3 Å². The number of ether oxygens (including phenoxy) is 1. The van der Waals surface area contributed by atoms with E-state index in [-0.39, 0.29) is 0 Å². The molecule has 0 radical (unpaired) electrons. The lowest BCUT2D eigenvalue weighted by molar-refractivity contribution is 0.0836. The fourth-order valence-electron chi connectivity index (χ4n) is 2.42. The van der Waals surface area contributed by atoms with Gasteiger partial charge in [0.25, 0.3) is 0 Å². The van der Waals surface area contributed by atoms with Crippen molar-refractivity contribution in [3.63, 3.8) is 0 Å². The largest absolute Gasteiger partial charge is 0.372 e. The van der Waals surface area contributed by atoms with Crippen molar-refractivity contribution in [3.05, 3.63) is 17.5 Å². The first-order chi connectivity index (χ1) is 9.40. The van der Waals surface area contributed by atoms with Gasteiger partial charge in [0, 0.05) is 25.2 Å². The number of hydrogen-bond donors (Lipinski definition) is 1. The molecule has 1 N–H and O–H groups in total.